The summed E-state index contributed by atoms with van der Waals surface area (Å²) in [5.74, 6) is -0.585. The predicted octanol–water partition coefficient (Wildman–Crippen LogP) is 2.76. The van der Waals surface area contributed by atoms with Crippen molar-refractivity contribution in [3.8, 4) is 0 Å². The normalized spacial score (nSPS) is 10.8. The number of pyridine rings is 1. The molecular formula is C15H11FN2O2. The third-order valence-corrected chi connectivity index (χ3v) is 3.16. The molecule has 2 heterocycles. The summed E-state index contributed by atoms with van der Waals surface area (Å²) in [5.41, 5.74) is 1.44. The van der Waals surface area contributed by atoms with Crippen LogP contribution in [-0.4, -0.2) is 20.5 Å². The lowest BCUT2D eigenvalue weighted by Gasteiger charge is -2.03. The number of rotatable bonds is 3. The van der Waals surface area contributed by atoms with Gasteiger partial charge >= 0.3 is 5.97 Å². The van der Waals surface area contributed by atoms with Gasteiger partial charge in [0.2, 0.25) is 0 Å². The topological polar surface area (TPSA) is 54.6 Å². The van der Waals surface area contributed by atoms with E-state index in [2.05, 4.69) is 4.98 Å². The summed E-state index contributed by atoms with van der Waals surface area (Å²) in [5, 5.41) is 8.94. The van der Waals surface area contributed by atoms with Crippen LogP contribution in [0.3, 0.4) is 0 Å². The summed E-state index contributed by atoms with van der Waals surface area (Å²) in [4.78, 5) is 15.1. The van der Waals surface area contributed by atoms with E-state index in [-0.39, 0.29) is 11.4 Å². The molecule has 20 heavy (non-hydrogen) atoms. The van der Waals surface area contributed by atoms with Crippen molar-refractivity contribution in [2.75, 3.05) is 0 Å². The average molecular weight is 270 g/mol. The second-order valence-corrected chi connectivity index (χ2v) is 4.46. The van der Waals surface area contributed by atoms with Crippen molar-refractivity contribution in [2.45, 2.75) is 6.42 Å². The molecule has 3 rings (SSSR count). The number of aromatic nitrogens is 2. The highest BCUT2D eigenvalue weighted by Gasteiger charge is 2.10. The number of carboxylic acids is 1. The van der Waals surface area contributed by atoms with E-state index in [1.54, 1.807) is 41.1 Å². The molecule has 0 unspecified atom stereocenters. The van der Waals surface area contributed by atoms with Gasteiger partial charge in [-0.15, -0.1) is 0 Å². The fourth-order valence-corrected chi connectivity index (χ4v) is 2.13. The van der Waals surface area contributed by atoms with Crippen LogP contribution in [0, 0.1) is 5.82 Å². The quantitative estimate of drug-likeness (QED) is 0.796. The summed E-state index contributed by atoms with van der Waals surface area (Å²) in [7, 11) is 0. The van der Waals surface area contributed by atoms with Gasteiger partial charge in [0, 0.05) is 12.6 Å². The molecule has 5 heteroatoms. The van der Waals surface area contributed by atoms with Gasteiger partial charge in [-0.05, 0) is 23.8 Å². The van der Waals surface area contributed by atoms with E-state index in [0.717, 1.165) is 0 Å². The van der Waals surface area contributed by atoms with Gasteiger partial charge in [0.25, 0.3) is 0 Å². The van der Waals surface area contributed by atoms with Gasteiger partial charge in [0.1, 0.15) is 11.6 Å². The van der Waals surface area contributed by atoms with Gasteiger partial charge in [-0.25, -0.2) is 14.2 Å². The van der Waals surface area contributed by atoms with E-state index in [1.165, 1.54) is 12.1 Å². The van der Waals surface area contributed by atoms with Crippen LogP contribution in [0.1, 0.15) is 21.7 Å². The highest BCUT2D eigenvalue weighted by atomic mass is 19.1. The number of hydrogen-bond acceptors (Lipinski definition) is 2. The van der Waals surface area contributed by atoms with Gasteiger partial charge in [-0.3, -0.25) is 0 Å². The number of benzene rings is 1. The summed E-state index contributed by atoms with van der Waals surface area (Å²) in [6.45, 7) is 0. The van der Waals surface area contributed by atoms with Crippen molar-refractivity contribution in [1.82, 2.24) is 9.38 Å². The molecule has 0 radical (unpaired) electrons. The highest BCUT2D eigenvalue weighted by molar-refractivity contribution is 5.88. The number of imidazole rings is 1. The summed E-state index contributed by atoms with van der Waals surface area (Å²) < 4.78 is 15.4. The van der Waals surface area contributed by atoms with E-state index in [4.69, 9.17) is 5.11 Å². The molecule has 0 saturated carbocycles. The second kappa shape index (κ2) is 4.77. The van der Waals surface area contributed by atoms with Crippen molar-refractivity contribution in [1.29, 1.82) is 0 Å². The van der Waals surface area contributed by atoms with E-state index < -0.39 is 5.97 Å². The minimum Gasteiger partial charge on any atom is -0.478 e. The molecule has 1 N–H and O–H groups in total. The third kappa shape index (κ3) is 2.14. The number of carbonyl (C=O) groups is 1. The number of aromatic carboxylic acids is 1. The Bertz CT molecular complexity index is 795. The Kier molecular flexibility index (Phi) is 2.95. The largest absolute Gasteiger partial charge is 0.478 e. The monoisotopic (exact) mass is 270 g/mol. The van der Waals surface area contributed by atoms with Crippen molar-refractivity contribution in [2.24, 2.45) is 0 Å². The van der Waals surface area contributed by atoms with Gasteiger partial charge in [-0.1, -0.05) is 18.2 Å². The van der Waals surface area contributed by atoms with Crippen molar-refractivity contribution in [3.63, 3.8) is 0 Å². The molecular weight excluding hydrogens is 259 g/mol. The minimum absolute atomic E-state index is 0.204. The Morgan fingerprint density at radius 3 is 2.85 bits per heavy atom. The zero-order chi connectivity index (χ0) is 14.1. The third-order valence-electron chi connectivity index (χ3n) is 3.16. The highest BCUT2D eigenvalue weighted by Crippen LogP contribution is 2.15. The summed E-state index contributed by atoms with van der Waals surface area (Å²) >= 11 is 0. The Balaban J connectivity index is 2.01. The molecule has 1 aromatic carbocycles. The van der Waals surface area contributed by atoms with Crippen molar-refractivity contribution >= 4 is 11.5 Å². The van der Waals surface area contributed by atoms with Gasteiger partial charge in [0.15, 0.2) is 0 Å². The molecule has 0 saturated heterocycles. The van der Waals surface area contributed by atoms with Crippen LogP contribution in [0.2, 0.25) is 0 Å². The molecule has 0 fully saturated rings. The number of nitrogens with zero attached hydrogens (tertiary/aromatic N) is 2. The lowest BCUT2D eigenvalue weighted by Crippen LogP contribution is -2.01. The maximum absolute atomic E-state index is 13.6. The van der Waals surface area contributed by atoms with Crippen LogP contribution >= 0.6 is 0 Å². The second-order valence-electron chi connectivity index (χ2n) is 4.46. The van der Waals surface area contributed by atoms with Crippen LogP contribution in [0.15, 0.2) is 48.8 Å². The Hall–Kier alpha value is -2.69. The van der Waals surface area contributed by atoms with Crippen LogP contribution in [0.4, 0.5) is 4.39 Å². The lowest BCUT2D eigenvalue weighted by molar-refractivity contribution is 0.0697. The number of carboxylic acid groups (broad SMARTS) is 1. The smallest absolute Gasteiger partial charge is 0.335 e. The first-order chi connectivity index (χ1) is 9.65. The zero-order valence-corrected chi connectivity index (χ0v) is 10.5. The molecule has 0 bridgehead atoms. The molecule has 3 aromatic rings. The predicted molar refractivity (Wildman–Crippen MR) is 71.4 cm³/mol. The first kappa shape index (κ1) is 12.3. The molecule has 4 nitrogen and oxygen atoms in total. The van der Waals surface area contributed by atoms with Gasteiger partial charge in [-0.2, -0.15) is 0 Å². The fourth-order valence-electron chi connectivity index (χ4n) is 2.13. The Morgan fingerprint density at radius 2 is 2.10 bits per heavy atom. The maximum atomic E-state index is 13.6. The first-order valence-corrected chi connectivity index (χ1v) is 6.08. The number of hydrogen-bond donors (Lipinski definition) is 1. The van der Waals surface area contributed by atoms with E-state index in [9.17, 15) is 9.18 Å². The van der Waals surface area contributed by atoms with Crippen molar-refractivity contribution < 1.29 is 14.3 Å². The van der Waals surface area contributed by atoms with E-state index in [0.29, 0.717) is 23.3 Å². The average Bonchev–Trinajstić information content (AvgIpc) is 2.84. The molecule has 2 aromatic heterocycles. The molecule has 0 spiro atoms. The fraction of sp³-hybridized carbons (Fsp3) is 0.0667. The molecule has 0 atom stereocenters. The SMILES string of the molecule is O=C(O)c1ccn2c(Cc3ccccc3F)ncc2c1. The summed E-state index contributed by atoms with van der Waals surface area (Å²) in [6.07, 6.45) is 3.58. The van der Waals surface area contributed by atoms with Crippen LogP contribution in [0.5, 0.6) is 0 Å². The molecule has 0 aliphatic rings. The van der Waals surface area contributed by atoms with Crippen LogP contribution in [0.25, 0.3) is 5.52 Å². The molecule has 0 aliphatic carbocycles. The zero-order valence-electron chi connectivity index (χ0n) is 10.5. The van der Waals surface area contributed by atoms with Gasteiger partial charge in [0.05, 0.1) is 17.3 Å². The van der Waals surface area contributed by atoms with Crippen LogP contribution in [-0.2, 0) is 6.42 Å². The Labute approximate surface area is 114 Å². The molecule has 0 amide bonds. The Morgan fingerprint density at radius 1 is 1.30 bits per heavy atom. The maximum Gasteiger partial charge on any atom is 0.335 e. The number of fused-ring (bicyclic) bond motifs is 1. The van der Waals surface area contributed by atoms with Gasteiger partial charge < -0.3 is 9.51 Å². The standard InChI is InChI=1S/C15H11FN2O2/c16-13-4-2-1-3-10(13)8-14-17-9-12-7-11(15(19)20)5-6-18(12)14/h1-7,9H,8H2,(H,19,20). The first-order valence-electron chi connectivity index (χ1n) is 6.08. The summed E-state index contributed by atoms with van der Waals surface area (Å²) in [6, 6.07) is 9.58. The van der Waals surface area contributed by atoms with E-state index in [1.807, 2.05) is 0 Å². The molecule has 100 valence electrons. The minimum atomic E-state index is -0.982. The molecule has 0 aliphatic heterocycles. The lowest BCUT2D eigenvalue weighted by atomic mass is 10.1. The number of halogens is 1. The van der Waals surface area contributed by atoms with Crippen molar-refractivity contribution in [3.05, 3.63) is 71.6 Å². The van der Waals surface area contributed by atoms with E-state index >= 15 is 0 Å². The van der Waals surface area contributed by atoms with Crippen LogP contribution < -0.4 is 0 Å².